The van der Waals surface area contributed by atoms with E-state index in [2.05, 4.69) is 41.5 Å². The van der Waals surface area contributed by atoms with Gasteiger partial charge in [-0.3, -0.25) is 4.90 Å². The summed E-state index contributed by atoms with van der Waals surface area (Å²) in [6.45, 7) is 13.0. The van der Waals surface area contributed by atoms with Crippen molar-refractivity contribution in [2.75, 3.05) is 0 Å². The van der Waals surface area contributed by atoms with E-state index in [-0.39, 0.29) is 17.4 Å². The molecule has 2 aromatic carbocycles. The molecule has 0 aliphatic rings. The fourth-order valence-corrected chi connectivity index (χ4v) is 4.42. The number of aromatic nitrogens is 1. The van der Waals surface area contributed by atoms with E-state index >= 15 is 0 Å². The van der Waals surface area contributed by atoms with E-state index in [9.17, 15) is 15.0 Å². The average Bonchev–Trinajstić information content (AvgIpc) is 3.15. The maximum atomic E-state index is 11.8. The van der Waals surface area contributed by atoms with Crippen LogP contribution in [0.25, 0.3) is 11.3 Å². The fourth-order valence-electron chi connectivity index (χ4n) is 3.60. The van der Waals surface area contributed by atoms with Crippen molar-refractivity contribution in [2.24, 2.45) is 0 Å². The zero-order valence-electron chi connectivity index (χ0n) is 19.6. The molecule has 0 spiro atoms. The first kappa shape index (κ1) is 23.8. The van der Waals surface area contributed by atoms with Crippen LogP contribution in [-0.2, 0) is 23.9 Å². The van der Waals surface area contributed by atoms with Crippen LogP contribution in [0.1, 0.15) is 63.2 Å². The number of phenolic OH excluding ortho intramolecular Hbond substituents is 1. The van der Waals surface area contributed by atoms with Crippen LogP contribution >= 0.6 is 11.3 Å². The van der Waals surface area contributed by atoms with Crippen molar-refractivity contribution in [2.45, 2.75) is 65.5 Å². The molecule has 0 bridgehead atoms. The number of carbonyl (C=O) groups is 1. The third kappa shape index (κ3) is 5.49. The van der Waals surface area contributed by atoms with Gasteiger partial charge in [-0.1, -0.05) is 71.9 Å². The van der Waals surface area contributed by atoms with Crippen LogP contribution < -0.4 is 0 Å². The third-order valence-electron chi connectivity index (χ3n) is 5.39. The number of benzene rings is 2. The Kier molecular flexibility index (Phi) is 6.65. The molecule has 0 aliphatic heterocycles. The Bertz CT molecular complexity index is 1060. The Hall–Kier alpha value is -2.86. The van der Waals surface area contributed by atoms with Crippen molar-refractivity contribution in [3.8, 4) is 17.0 Å². The molecule has 1 amide bonds. The van der Waals surface area contributed by atoms with Gasteiger partial charge >= 0.3 is 6.09 Å². The summed E-state index contributed by atoms with van der Waals surface area (Å²) in [5.41, 5.74) is 3.98. The van der Waals surface area contributed by atoms with Crippen molar-refractivity contribution in [3.05, 3.63) is 69.5 Å². The maximum absolute atomic E-state index is 11.8. The highest BCUT2D eigenvalue weighted by Gasteiger charge is 2.27. The topological polar surface area (TPSA) is 73.7 Å². The second-order valence-electron chi connectivity index (χ2n) is 10.2. The second-order valence-corrected chi connectivity index (χ2v) is 11.1. The minimum Gasteiger partial charge on any atom is -0.507 e. The number of hydrogen-bond donors (Lipinski definition) is 2. The van der Waals surface area contributed by atoms with Gasteiger partial charge in [0, 0.05) is 28.6 Å². The Balaban J connectivity index is 1.94. The standard InChI is InChI=1S/C26H32N2O3S/c1-25(2,3)19-12-18(13-20(23(19)29)26(4,5)6)21-16-32-22(27-21)15-28(24(30)31)14-17-10-8-7-9-11-17/h7-13,16,29H,14-15H2,1-6H3,(H,30,31). The van der Waals surface area contributed by atoms with Crippen molar-refractivity contribution in [1.29, 1.82) is 0 Å². The number of aromatic hydroxyl groups is 1. The predicted octanol–water partition coefficient (Wildman–Crippen LogP) is 6.79. The molecule has 0 radical (unpaired) electrons. The zero-order chi connectivity index (χ0) is 23.7. The molecule has 3 rings (SSSR count). The molecule has 32 heavy (non-hydrogen) atoms. The second kappa shape index (κ2) is 8.94. The highest BCUT2D eigenvalue weighted by molar-refractivity contribution is 7.09. The van der Waals surface area contributed by atoms with Gasteiger partial charge in [0.1, 0.15) is 10.8 Å². The van der Waals surface area contributed by atoms with E-state index in [1.54, 1.807) is 0 Å². The molecule has 1 aromatic heterocycles. The van der Waals surface area contributed by atoms with Crippen LogP contribution in [0.2, 0.25) is 0 Å². The molecule has 5 nitrogen and oxygen atoms in total. The third-order valence-corrected chi connectivity index (χ3v) is 6.22. The lowest BCUT2D eigenvalue weighted by Crippen LogP contribution is -2.28. The zero-order valence-corrected chi connectivity index (χ0v) is 20.5. The summed E-state index contributed by atoms with van der Waals surface area (Å²) in [7, 11) is 0. The van der Waals surface area contributed by atoms with Crippen LogP contribution in [-0.4, -0.2) is 26.2 Å². The molecule has 0 saturated heterocycles. The molecule has 0 fully saturated rings. The van der Waals surface area contributed by atoms with Crippen LogP contribution in [0.4, 0.5) is 4.79 Å². The number of amides is 1. The van der Waals surface area contributed by atoms with E-state index in [1.165, 1.54) is 16.2 Å². The van der Waals surface area contributed by atoms with Crippen LogP contribution in [0.3, 0.4) is 0 Å². The molecule has 0 saturated carbocycles. The van der Waals surface area contributed by atoms with Gasteiger partial charge in [0.05, 0.1) is 12.2 Å². The van der Waals surface area contributed by atoms with Gasteiger partial charge in [0.15, 0.2) is 0 Å². The fraction of sp³-hybridized carbons (Fsp3) is 0.385. The van der Waals surface area contributed by atoms with Crippen molar-refractivity contribution in [3.63, 3.8) is 0 Å². The molecule has 2 N–H and O–H groups in total. The molecular formula is C26H32N2O3S. The van der Waals surface area contributed by atoms with E-state index in [1.807, 2.05) is 47.8 Å². The first-order valence-electron chi connectivity index (χ1n) is 10.7. The lowest BCUT2D eigenvalue weighted by molar-refractivity contribution is 0.139. The lowest BCUT2D eigenvalue weighted by Gasteiger charge is -2.28. The van der Waals surface area contributed by atoms with Gasteiger partial charge < -0.3 is 10.2 Å². The number of nitrogens with zero attached hydrogens (tertiary/aromatic N) is 2. The smallest absolute Gasteiger partial charge is 0.407 e. The van der Waals surface area contributed by atoms with E-state index in [0.29, 0.717) is 12.3 Å². The summed E-state index contributed by atoms with van der Waals surface area (Å²) in [5.74, 6) is 0.337. The Morgan fingerprint density at radius 2 is 1.53 bits per heavy atom. The number of hydrogen-bond acceptors (Lipinski definition) is 4. The molecular weight excluding hydrogens is 420 g/mol. The molecule has 0 atom stereocenters. The van der Waals surface area contributed by atoms with Crippen LogP contribution in [0.15, 0.2) is 47.8 Å². The Morgan fingerprint density at radius 3 is 2.03 bits per heavy atom. The minimum absolute atomic E-state index is 0.227. The molecule has 0 aliphatic carbocycles. The summed E-state index contributed by atoms with van der Waals surface area (Å²) in [6.07, 6.45) is -0.972. The highest BCUT2D eigenvalue weighted by Crippen LogP contribution is 2.42. The highest BCUT2D eigenvalue weighted by atomic mass is 32.1. The van der Waals surface area contributed by atoms with Gasteiger partial charge in [-0.05, 0) is 28.5 Å². The van der Waals surface area contributed by atoms with Crippen LogP contribution in [0, 0.1) is 0 Å². The quantitative estimate of drug-likeness (QED) is 0.447. The normalized spacial score (nSPS) is 12.1. The summed E-state index contributed by atoms with van der Waals surface area (Å²) < 4.78 is 0. The van der Waals surface area contributed by atoms with Crippen molar-refractivity contribution < 1.29 is 15.0 Å². The van der Waals surface area contributed by atoms with Crippen molar-refractivity contribution in [1.82, 2.24) is 9.88 Å². The first-order valence-corrected chi connectivity index (χ1v) is 11.6. The minimum atomic E-state index is -0.972. The van der Waals surface area contributed by atoms with Gasteiger partial charge in [0.25, 0.3) is 0 Å². The molecule has 0 unspecified atom stereocenters. The Morgan fingerprint density at radius 1 is 0.969 bits per heavy atom. The predicted molar refractivity (Wildman–Crippen MR) is 130 cm³/mol. The summed E-state index contributed by atoms with van der Waals surface area (Å²) >= 11 is 1.45. The SMILES string of the molecule is CC(C)(C)c1cc(-c2csc(CN(Cc3ccccc3)C(=O)O)n2)cc(C(C)(C)C)c1O. The number of phenols is 1. The van der Waals surface area contributed by atoms with E-state index in [0.717, 1.165) is 33.0 Å². The monoisotopic (exact) mass is 452 g/mol. The van der Waals surface area contributed by atoms with Gasteiger partial charge in [0.2, 0.25) is 0 Å². The lowest BCUT2D eigenvalue weighted by atomic mass is 9.78. The number of thiazole rings is 1. The van der Waals surface area contributed by atoms with Gasteiger partial charge in [-0.15, -0.1) is 11.3 Å². The average molecular weight is 453 g/mol. The van der Waals surface area contributed by atoms with Gasteiger partial charge in [-0.2, -0.15) is 0 Å². The number of carboxylic acid groups (broad SMARTS) is 1. The summed E-state index contributed by atoms with van der Waals surface area (Å²) in [4.78, 5) is 17.9. The molecule has 170 valence electrons. The largest absolute Gasteiger partial charge is 0.507 e. The van der Waals surface area contributed by atoms with E-state index in [4.69, 9.17) is 4.98 Å². The summed E-state index contributed by atoms with van der Waals surface area (Å²) in [5, 5.41) is 23.3. The summed E-state index contributed by atoms with van der Waals surface area (Å²) in [6, 6.07) is 13.6. The van der Waals surface area contributed by atoms with Crippen molar-refractivity contribution >= 4 is 17.4 Å². The first-order chi connectivity index (χ1) is 14.9. The molecule has 1 heterocycles. The van der Waals surface area contributed by atoms with Crippen LogP contribution in [0.5, 0.6) is 5.75 Å². The van der Waals surface area contributed by atoms with E-state index < -0.39 is 6.09 Å². The molecule has 3 aromatic rings. The van der Waals surface area contributed by atoms with Gasteiger partial charge in [-0.25, -0.2) is 9.78 Å². The Labute approximate surface area is 194 Å². The maximum Gasteiger partial charge on any atom is 0.407 e. The molecule has 6 heteroatoms. The number of rotatable bonds is 5.